The fourth-order valence-electron chi connectivity index (χ4n) is 4.40. The van der Waals surface area contributed by atoms with Crippen molar-refractivity contribution in [3.8, 4) is 11.1 Å². The molecule has 0 atom stereocenters. The number of rotatable bonds is 5. The first-order valence-corrected chi connectivity index (χ1v) is 11.4. The topological polar surface area (TPSA) is 46.3 Å². The number of fused-ring (bicyclic) bond motifs is 3. The van der Waals surface area contributed by atoms with Crippen molar-refractivity contribution in [3.05, 3.63) is 83.1 Å². The highest BCUT2D eigenvalue weighted by atomic mass is 35.5. The average molecular weight is 476 g/mol. The number of benzene rings is 3. The standard InChI is InChI=1S/C26H20ClF2N5/c1-33(20-4-2-3-18(13-20)17-9-7-16(8-10-17)15-5-6-15)24-21-12-11-19(27)14-22(21)34-25(23(28)29)31-32-26(34)30-24/h2-4,7-15,23H,5-6H2,1H3. The van der Waals surface area contributed by atoms with Gasteiger partial charge in [-0.1, -0.05) is 48.0 Å². The van der Waals surface area contributed by atoms with E-state index in [-0.39, 0.29) is 5.78 Å². The normalized spacial score (nSPS) is 13.8. The summed E-state index contributed by atoms with van der Waals surface area (Å²) in [7, 11) is 1.90. The van der Waals surface area contributed by atoms with Crippen molar-refractivity contribution in [1.29, 1.82) is 0 Å². The lowest BCUT2D eigenvalue weighted by atomic mass is 10.0. The van der Waals surface area contributed by atoms with Crippen molar-refractivity contribution in [2.24, 2.45) is 0 Å². The van der Waals surface area contributed by atoms with Crippen LogP contribution in [0.1, 0.15) is 36.6 Å². The molecule has 6 rings (SSSR count). The minimum atomic E-state index is -2.79. The van der Waals surface area contributed by atoms with E-state index >= 15 is 0 Å². The first-order chi connectivity index (χ1) is 16.5. The van der Waals surface area contributed by atoms with Crippen LogP contribution in [0.2, 0.25) is 5.02 Å². The van der Waals surface area contributed by atoms with E-state index in [0.717, 1.165) is 22.7 Å². The Morgan fingerprint density at radius 2 is 1.76 bits per heavy atom. The second-order valence-electron chi connectivity index (χ2n) is 8.60. The van der Waals surface area contributed by atoms with Crippen LogP contribution >= 0.6 is 11.6 Å². The van der Waals surface area contributed by atoms with Crippen LogP contribution in [-0.4, -0.2) is 26.6 Å². The third-order valence-electron chi connectivity index (χ3n) is 6.36. The van der Waals surface area contributed by atoms with Crippen LogP contribution in [-0.2, 0) is 0 Å². The predicted octanol–water partition coefficient (Wildman–Crippen LogP) is 7.18. The molecule has 1 aliphatic carbocycles. The van der Waals surface area contributed by atoms with Crippen LogP contribution in [0.5, 0.6) is 0 Å². The van der Waals surface area contributed by atoms with E-state index in [1.807, 2.05) is 24.1 Å². The maximum absolute atomic E-state index is 13.6. The minimum absolute atomic E-state index is 0.0961. The van der Waals surface area contributed by atoms with Gasteiger partial charge in [0.2, 0.25) is 5.82 Å². The van der Waals surface area contributed by atoms with Gasteiger partial charge in [-0.3, -0.25) is 4.40 Å². The summed E-state index contributed by atoms with van der Waals surface area (Å²) in [5.74, 6) is 0.935. The quantitative estimate of drug-likeness (QED) is 0.270. The van der Waals surface area contributed by atoms with Gasteiger partial charge in [0, 0.05) is 23.1 Å². The molecule has 0 amide bonds. The van der Waals surface area contributed by atoms with Gasteiger partial charge in [0.15, 0.2) is 0 Å². The lowest BCUT2D eigenvalue weighted by molar-refractivity contribution is 0.139. The summed E-state index contributed by atoms with van der Waals surface area (Å²) in [4.78, 5) is 6.52. The number of anilines is 2. The Labute approximate surface area is 199 Å². The highest BCUT2D eigenvalue weighted by Gasteiger charge is 2.24. The monoisotopic (exact) mass is 475 g/mol. The van der Waals surface area contributed by atoms with Crippen LogP contribution < -0.4 is 4.90 Å². The summed E-state index contributed by atoms with van der Waals surface area (Å²) in [5.41, 5.74) is 5.01. The Morgan fingerprint density at radius 3 is 2.50 bits per heavy atom. The van der Waals surface area contributed by atoms with Crippen molar-refractivity contribution in [2.45, 2.75) is 25.2 Å². The molecule has 0 spiro atoms. The van der Waals surface area contributed by atoms with Crippen LogP contribution in [0, 0.1) is 0 Å². The van der Waals surface area contributed by atoms with Crippen LogP contribution in [0.15, 0.2) is 66.7 Å². The first-order valence-electron chi connectivity index (χ1n) is 11.1. The zero-order chi connectivity index (χ0) is 23.4. The number of hydrogen-bond donors (Lipinski definition) is 0. The lowest BCUT2D eigenvalue weighted by Gasteiger charge is -2.21. The second-order valence-corrected chi connectivity index (χ2v) is 9.03. The molecule has 0 bridgehead atoms. The molecule has 34 heavy (non-hydrogen) atoms. The number of nitrogens with zero attached hydrogens (tertiary/aromatic N) is 5. The molecule has 1 fully saturated rings. The van der Waals surface area contributed by atoms with Gasteiger partial charge < -0.3 is 4.90 Å². The zero-order valence-electron chi connectivity index (χ0n) is 18.3. The SMILES string of the molecule is CN(c1cccc(-c2ccc(C3CC3)cc2)c1)c1nc2nnc(C(F)F)n2c2cc(Cl)ccc12. The lowest BCUT2D eigenvalue weighted by Crippen LogP contribution is -2.13. The van der Waals surface area contributed by atoms with Crippen LogP contribution in [0.4, 0.5) is 20.3 Å². The number of hydrogen-bond acceptors (Lipinski definition) is 4. The number of aromatic nitrogens is 4. The van der Waals surface area contributed by atoms with E-state index in [0.29, 0.717) is 21.7 Å². The zero-order valence-corrected chi connectivity index (χ0v) is 19.0. The largest absolute Gasteiger partial charge is 0.329 e. The van der Waals surface area contributed by atoms with Gasteiger partial charge in [0.25, 0.3) is 12.2 Å². The molecular formula is C26H20ClF2N5. The van der Waals surface area contributed by atoms with E-state index in [1.165, 1.54) is 22.8 Å². The summed E-state index contributed by atoms with van der Waals surface area (Å²) in [6, 6.07) is 22.0. The van der Waals surface area contributed by atoms with Crippen molar-refractivity contribution in [2.75, 3.05) is 11.9 Å². The van der Waals surface area contributed by atoms with Crippen molar-refractivity contribution < 1.29 is 8.78 Å². The smallest absolute Gasteiger partial charge is 0.297 e. The molecule has 1 saturated carbocycles. The van der Waals surface area contributed by atoms with Gasteiger partial charge in [-0.2, -0.15) is 4.98 Å². The Hall–Kier alpha value is -3.58. The molecule has 170 valence electrons. The van der Waals surface area contributed by atoms with E-state index < -0.39 is 12.2 Å². The molecule has 0 unspecified atom stereocenters. The molecule has 1 aliphatic rings. The third-order valence-corrected chi connectivity index (χ3v) is 6.59. The molecular weight excluding hydrogens is 456 g/mol. The van der Waals surface area contributed by atoms with Crippen LogP contribution in [0.25, 0.3) is 27.8 Å². The minimum Gasteiger partial charge on any atom is -0.329 e. The highest BCUT2D eigenvalue weighted by Crippen LogP contribution is 2.41. The van der Waals surface area contributed by atoms with Crippen LogP contribution in [0.3, 0.4) is 0 Å². The van der Waals surface area contributed by atoms with Crippen molar-refractivity contribution in [3.63, 3.8) is 0 Å². The van der Waals surface area contributed by atoms with E-state index in [9.17, 15) is 8.78 Å². The Balaban J connectivity index is 1.45. The highest BCUT2D eigenvalue weighted by molar-refractivity contribution is 6.31. The average Bonchev–Trinajstić information content (AvgIpc) is 3.61. The summed E-state index contributed by atoms with van der Waals surface area (Å²) >= 11 is 6.21. The molecule has 0 radical (unpaired) electrons. The molecule has 0 aliphatic heterocycles. The molecule has 2 aromatic heterocycles. The van der Waals surface area contributed by atoms with Gasteiger partial charge in [0.05, 0.1) is 5.52 Å². The molecule has 2 heterocycles. The molecule has 5 aromatic rings. The summed E-state index contributed by atoms with van der Waals surface area (Å²) in [5, 5.41) is 8.66. The Morgan fingerprint density at radius 1 is 0.971 bits per heavy atom. The summed E-state index contributed by atoms with van der Waals surface area (Å²) in [6.07, 6.45) is -0.229. The first kappa shape index (κ1) is 21.0. The fraction of sp³-hybridized carbons (Fsp3) is 0.192. The molecule has 0 saturated heterocycles. The molecule has 5 nitrogen and oxygen atoms in total. The number of alkyl halides is 2. The molecule has 3 aromatic carbocycles. The van der Waals surface area contributed by atoms with E-state index in [4.69, 9.17) is 11.6 Å². The Bertz CT molecular complexity index is 1530. The maximum Gasteiger partial charge on any atom is 0.297 e. The van der Waals surface area contributed by atoms with Gasteiger partial charge in [-0.15, -0.1) is 10.2 Å². The second kappa shape index (κ2) is 8.02. The fourth-order valence-corrected chi connectivity index (χ4v) is 4.57. The van der Waals surface area contributed by atoms with Gasteiger partial charge in [0.1, 0.15) is 5.82 Å². The predicted molar refractivity (Wildman–Crippen MR) is 130 cm³/mol. The van der Waals surface area contributed by atoms with Gasteiger partial charge in [-0.05, 0) is 65.8 Å². The van der Waals surface area contributed by atoms with Crippen molar-refractivity contribution in [1.82, 2.24) is 19.6 Å². The third kappa shape index (κ3) is 3.56. The summed E-state index contributed by atoms with van der Waals surface area (Å²) < 4.78 is 28.4. The van der Waals surface area contributed by atoms with Gasteiger partial charge >= 0.3 is 0 Å². The molecule has 0 N–H and O–H groups in total. The Kier molecular flexibility index (Phi) is 4.95. The van der Waals surface area contributed by atoms with Gasteiger partial charge in [-0.25, -0.2) is 8.78 Å². The maximum atomic E-state index is 13.6. The summed E-state index contributed by atoms with van der Waals surface area (Å²) in [6.45, 7) is 0. The van der Waals surface area contributed by atoms with E-state index in [2.05, 4.69) is 51.6 Å². The molecule has 8 heteroatoms. The van der Waals surface area contributed by atoms with E-state index in [1.54, 1.807) is 18.2 Å². The van der Waals surface area contributed by atoms with Crippen molar-refractivity contribution >= 4 is 39.8 Å². The number of halogens is 3.